The van der Waals surface area contributed by atoms with E-state index in [1.54, 1.807) is 45.3 Å². The lowest BCUT2D eigenvalue weighted by Crippen LogP contribution is -2.33. The number of esters is 2. The Balaban J connectivity index is 0.000000149. The fraction of sp³-hybridized carbons (Fsp3) is 0.176. The van der Waals surface area contributed by atoms with Gasteiger partial charge in [-0.3, -0.25) is 4.79 Å². The summed E-state index contributed by atoms with van der Waals surface area (Å²) >= 11 is 21.3. The number of carbonyl (C=O) groups is 2. The Bertz CT molecular complexity index is 5640. The number of ether oxygens (including phenoxy) is 2. The number of aryl methyl sites for hydroxylation is 5. The summed E-state index contributed by atoms with van der Waals surface area (Å²) in [5, 5.41) is 7.25. The van der Waals surface area contributed by atoms with Gasteiger partial charge in [0.15, 0.2) is 0 Å². The normalized spacial score (nSPS) is 11.3. The number of rotatable bonds is 19. The van der Waals surface area contributed by atoms with Crippen molar-refractivity contribution in [2.75, 3.05) is 14.2 Å². The zero-order chi connectivity index (χ0) is 70.5. The summed E-state index contributed by atoms with van der Waals surface area (Å²) in [6.07, 6.45) is 18.1. The number of hydrogen-bond acceptors (Lipinski definition) is 16. The number of benzene rings is 4. The van der Waals surface area contributed by atoms with Gasteiger partial charge in [-0.2, -0.15) is 18.3 Å². The van der Waals surface area contributed by atoms with Crippen LogP contribution in [0.3, 0.4) is 0 Å². The number of nitrogens with zero attached hydrogens (tertiary/aromatic N) is 4. The van der Waals surface area contributed by atoms with Crippen LogP contribution in [0.4, 0.5) is 0 Å². The second-order valence-electron chi connectivity index (χ2n) is 22.8. The SMILES string of the molecule is C.C.C.CC[n+]1c(/C=C/c2ccc(-c3ccc(C(=O)OC)s3)s2)sc2ccccc21.CC[n+]1c(/C=C/c2ccc(-c3ccc(C)s3)s2)sc2ccccc21.CC[n+]1c(/C=C/c2ccc(-c3ccc(CC(=O)OC)s3)s2)sc2ccccc21.CC[n+]1c(/C=C/c2ccc(-c3cccs3)s2)sc2ccccc21. The summed E-state index contributed by atoms with van der Waals surface area (Å²) in [7, 11) is 2.83. The number of thiazole rings is 4. The van der Waals surface area contributed by atoms with Crippen molar-refractivity contribution in [2.45, 2.75) is 89.5 Å². The molecule has 0 N–H and O–H groups in total. The van der Waals surface area contributed by atoms with Crippen LogP contribution in [0, 0.1) is 6.92 Å². The van der Waals surface area contributed by atoms with Crippen LogP contribution in [0.25, 0.3) is 128 Å². The van der Waals surface area contributed by atoms with Gasteiger partial charge < -0.3 is 9.47 Å². The second-order valence-corrected chi connectivity index (χ2v) is 36.0. The third-order valence-electron chi connectivity index (χ3n) is 16.3. The molecule has 0 atom stereocenters. The molecule has 4 aromatic carbocycles. The number of carbonyl (C=O) groups excluding carboxylic acids is 2. The number of aromatic nitrogens is 4. The van der Waals surface area contributed by atoms with Crippen molar-refractivity contribution in [1.29, 1.82) is 0 Å². The molecule has 0 aliphatic carbocycles. The van der Waals surface area contributed by atoms with E-state index >= 15 is 0 Å². The predicted molar refractivity (Wildman–Crippen MR) is 469 cm³/mol. The van der Waals surface area contributed by atoms with Gasteiger partial charge in [0.05, 0.1) is 20.6 Å². The number of thiophene rings is 8. The monoisotopic (exact) mass is 1610 g/mol. The molecule has 0 radical (unpaired) electrons. The van der Waals surface area contributed by atoms with Gasteiger partial charge >= 0.3 is 11.9 Å². The topological polar surface area (TPSA) is 68.1 Å². The molecule has 0 unspecified atom stereocenters. The highest BCUT2D eigenvalue weighted by atomic mass is 32.1. The van der Waals surface area contributed by atoms with Gasteiger partial charge in [-0.15, -0.1) is 90.7 Å². The molecule has 20 heteroatoms. The lowest BCUT2D eigenvalue weighted by molar-refractivity contribution is -0.665. The Hall–Kier alpha value is -8.06. The third-order valence-corrected chi connectivity index (χ3v) is 29.8. The number of hydrogen-bond donors (Lipinski definition) is 0. The zero-order valence-corrected chi connectivity index (χ0v) is 66.8. The molecular weight excluding hydrogens is 1530 g/mol. The van der Waals surface area contributed by atoms with Crippen LogP contribution in [0.2, 0.25) is 0 Å². The fourth-order valence-corrected chi connectivity index (χ4v) is 23.5. The average molecular weight is 1610 g/mol. The summed E-state index contributed by atoms with van der Waals surface area (Å²) in [6, 6.07) is 68.3. The Morgan fingerprint density at radius 1 is 0.333 bits per heavy atom. The van der Waals surface area contributed by atoms with E-state index in [1.807, 2.05) is 97.6 Å². The van der Waals surface area contributed by atoms with Crippen molar-refractivity contribution in [2.24, 2.45) is 0 Å². The lowest BCUT2D eigenvalue weighted by atomic mass is 10.3. The third kappa shape index (κ3) is 19.2. The van der Waals surface area contributed by atoms with Gasteiger partial charge in [-0.25, -0.2) is 4.79 Å². The van der Waals surface area contributed by atoms with Crippen molar-refractivity contribution >= 4 is 237 Å². The summed E-state index contributed by atoms with van der Waals surface area (Å²) in [6.45, 7) is 14.8. The van der Waals surface area contributed by atoms with E-state index < -0.39 is 0 Å². The summed E-state index contributed by atoms with van der Waals surface area (Å²) in [5.41, 5.74) is 5.22. The summed E-state index contributed by atoms with van der Waals surface area (Å²) in [4.78, 5) is 41.2. The molecule has 16 rings (SSSR count). The van der Waals surface area contributed by atoms with E-state index in [1.165, 1.54) is 140 Å². The first-order chi connectivity index (χ1) is 50.0. The zero-order valence-electron chi connectivity index (χ0n) is 57.0. The predicted octanol–water partition coefficient (Wildman–Crippen LogP) is 26.4. The summed E-state index contributed by atoms with van der Waals surface area (Å²) in [5.74, 6) is -0.479. The van der Waals surface area contributed by atoms with Gasteiger partial charge in [0.1, 0.15) is 49.9 Å². The van der Waals surface area contributed by atoms with E-state index in [4.69, 9.17) is 9.47 Å². The molecule has 16 aromatic rings. The van der Waals surface area contributed by atoms with Crippen molar-refractivity contribution in [3.8, 4) is 39.0 Å². The van der Waals surface area contributed by atoms with Crippen LogP contribution < -0.4 is 18.3 Å². The van der Waals surface area contributed by atoms with Gasteiger partial charge in [-0.05, 0) is 180 Å². The first kappa shape index (κ1) is 79.5. The molecule has 536 valence electrons. The molecular formula is C85H84N4O4S12+4. The molecule has 0 fully saturated rings. The highest BCUT2D eigenvalue weighted by Crippen LogP contribution is 2.39. The molecule has 8 nitrogen and oxygen atoms in total. The minimum Gasteiger partial charge on any atom is -0.469 e. The van der Waals surface area contributed by atoms with Crippen molar-refractivity contribution in [1.82, 2.24) is 0 Å². The molecule has 12 aromatic heterocycles. The van der Waals surface area contributed by atoms with Crippen LogP contribution >= 0.6 is 136 Å². The minimum atomic E-state index is -0.281. The van der Waals surface area contributed by atoms with Crippen LogP contribution in [0.15, 0.2) is 200 Å². The molecule has 0 aliphatic rings. The van der Waals surface area contributed by atoms with E-state index in [0.717, 1.165) is 40.8 Å². The average Bonchev–Trinajstić information content (AvgIpc) is 1.67. The van der Waals surface area contributed by atoms with Gasteiger partial charge in [0.2, 0.25) is 22.1 Å². The molecule has 105 heavy (non-hydrogen) atoms. The Morgan fingerprint density at radius 3 is 1.01 bits per heavy atom. The summed E-state index contributed by atoms with van der Waals surface area (Å²) < 4.78 is 24.3. The number of methoxy groups -OCH3 is 2. The standard InChI is InChI=1S/C22H20NO2S3.C21H18NO2S3.C20H18NS3.C19H16NS3.3CH4/c1-3-23-17-6-4-5-7-18(17)28-21(23)13-10-15-8-11-19(26-15)20-12-9-16(27-20)14-22(24)25-2;1-3-22-15-6-4-5-7-16(15)27-20(22)13-9-14-8-10-17(25-14)18-11-12-19(26-18)21(23)24-2;1-3-21-16-6-4-5-7-17(16)24-20(21)13-10-15-9-12-19(23-15)18-11-8-14(2)22-18;1-2-20-15-6-3-4-7-16(15)23-19(20)12-10-14-9-11-18(22-14)17-8-5-13-21-17;;;/h4-13H,3,14H2,1-2H3;4-13H,3H2,1-2H3;4-13H,3H2,1-2H3;3-13H,2H2,1H3;3*1H4/q4*+1;;;/b13-10+;13-9+;13-10+;12-10+;;;. The number of fused-ring (bicyclic) bond motifs is 4. The Labute approximate surface area is 664 Å². The van der Waals surface area contributed by atoms with E-state index in [2.05, 4.69) is 283 Å². The number of para-hydroxylation sites is 4. The van der Waals surface area contributed by atoms with E-state index in [-0.39, 0.29) is 34.2 Å². The van der Waals surface area contributed by atoms with Crippen molar-refractivity contribution < 1.29 is 37.3 Å². The van der Waals surface area contributed by atoms with Crippen LogP contribution in [0.5, 0.6) is 0 Å². The van der Waals surface area contributed by atoms with E-state index in [0.29, 0.717) is 11.3 Å². The van der Waals surface area contributed by atoms with Gasteiger partial charge in [-0.1, -0.05) is 122 Å². The Kier molecular flexibility index (Phi) is 28.7. The van der Waals surface area contributed by atoms with Gasteiger partial charge in [0.25, 0.3) is 20.0 Å². The molecule has 0 saturated carbocycles. The van der Waals surface area contributed by atoms with Crippen molar-refractivity contribution in [3.05, 3.63) is 254 Å². The molecule has 0 bridgehead atoms. The highest BCUT2D eigenvalue weighted by molar-refractivity contribution is 7.25. The molecule has 0 spiro atoms. The maximum absolute atomic E-state index is 11.6. The first-order valence-electron chi connectivity index (χ1n) is 33.2. The minimum absolute atomic E-state index is 0. The van der Waals surface area contributed by atoms with Crippen LogP contribution in [-0.2, 0) is 46.9 Å². The largest absolute Gasteiger partial charge is 0.469 e. The van der Waals surface area contributed by atoms with Crippen LogP contribution in [0.1, 0.15) is 109 Å². The Morgan fingerprint density at radius 2 is 0.667 bits per heavy atom. The maximum Gasteiger partial charge on any atom is 0.348 e. The second kappa shape index (κ2) is 38.0. The van der Waals surface area contributed by atoms with Gasteiger partial charge in [0, 0.05) is 117 Å². The molecule has 0 saturated heterocycles. The first-order valence-corrected chi connectivity index (χ1v) is 43.0. The lowest BCUT2D eigenvalue weighted by Gasteiger charge is -1.94. The fourth-order valence-electron chi connectivity index (χ4n) is 11.4. The van der Waals surface area contributed by atoms with Crippen LogP contribution in [-0.4, -0.2) is 26.2 Å². The quantitative estimate of drug-likeness (QED) is 0.0598. The maximum atomic E-state index is 11.6. The van der Waals surface area contributed by atoms with E-state index in [9.17, 15) is 9.59 Å². The molecule has 0 aliphatic heterocycles. The highest BCUT2D eigenvalue weighted by Gasteiger charge is 2.21. The molecule has 0 amide bonds. The van der Waals surface area contributed by atoms with Crippen molar-refractivity contribution in [3.63, 3.8) is 0 Å². The molecule has 12 heterocycles. The smallest absolute Gasteiger partial charge is 0.348 e.